The van der Waals surface area contributed by atoms with Gasteiger partial charge >= 0.3 is 0 Å². The number of sulfonamides is 1. The predicted molar refractivity (Wildman–Crippen MR) is 100 cm³/mol. The second-order valence-electron chi connectivity index (χ2n) is 7.54. The van der Waals surface area contributed by atoms with Crippen molar-refractivity contribution < 1.29 is 22.8 Å². The van der Waals surface area contributed by atoms with Crippen LogP contribution >= 0.6 is 0 Å². The van der Waals surface area contributed by atoms with Crippen LogP contribution in [-0.4, -0.2) is 59.2 Å². The lowest BCUT2D eigenvalue weighted by molar-refractivity contribution is -0.932. The third kappa shape index (κ3) is 4.00. The average molecular weight is 384 g/mol. The summed E-state index contributed by atoms with van der Waals surface area (Å²) in [4.78, 5) is 1.86. The van der Waals surface area contributed by atoms with Crippen LogP contribution in [0.4, 0.5) is 0 Å². The van der Waals surface area contributed by atoms with E-state index in [2.05, 4.69) is 6.92 Å². The van der Waals surface area contributed by atoms with E-state index in [1.54, 1.807) is 27.4 Å². The average Bonchev–Trinajstić information content (AvgIpc) is 2.68. The molecule has 0 aromatic heterocycles. The molecule has 0 amide bonds. The molecule has 146 valence electrons. The molecule has 0 unspecified atom stereocenters. The first kappa shape index (κ1) is 19.5. The summed E-state index contributed by atoms with van der Waals surface area (Å²) in [5.41, 5.74) is 0. The zero-order valence-electron chi connectivity index (χ0n) is 16.0. The molecule has 0 bridgehead atoms. The van der Waals surface area contributed by atoms with Crippen molar-refractivity contribution in [2.24, 2.45) is 5.92 Å². The van der Waals surface area contributed by atoms with Gasteiger partial charge in [0.25, 0.3) is 0 Å². The van der Waals surface area contributed by atoms with Gasteiger partial charge in [0.2, 0.25) is 10.0 Å². The quantitative estimate of drug-likeness (QED) is 0.829. The van der Waals surface area contributed by atoms with Gasteiger partial charge in [0, 0.05) is 32.0 Å². The number of benzene rings is 1. The molecular weight excluding hydrogens is 352 g/mol. The largest absolute Gasteiger partial charge is 0.497 e. The van der Waals surface area contributed by atoms with Gasteiger partial charge in [0.15, 0.2) is 0 Å². The molecule has 0 aliphatic carbocycles. The molecule has 6 nitrogen and oxygen atoms in total. The Hall–Kier alpha value is -1.31. The van der Waals surface area contributed by atoms with Gasteiger partial charge in [-0.2, -0.15) is 4.31 Å². The van der Waals surface area contributed by atoms with Crippen LogP contribution in [0, 0.1) is 5.92 Å². The normalized spacial score (nSPS) is 25.8. The van der Waals surface area contributed by atoms with Crippen molar-refractivity contribution in [1.29, 1.82) is 0 Å². The molecule has 2 heterocycles. The molecule has 0 radical (unpaired) electrons. The first-order valence-corrected chi connectivity index (χ1v) is 11.0. The van der Waals surface area contributed by atoms with Gasteiger partial charge in [-0.3, -0.25) is 0 Å². The Morgan fingerprint density at radius 1 is 1.04 bits per heavy atom. The maximum Gasteiger partial charge on any atom is 0.246 e. The third-order valence-corrected chi connectivity index (χ3v) is 7.86. The SMILES string of the molecule is COc1ccc(OC)c(S(=O)(=O)N2CCC([NH+]3CCC(C)CC3)CC2)c1. The van der Waals surface area contributed by atoms with E-state index in [0.29, 0.717) is 30.6 Å². The lowest BCUT2D eigenvalue weighted by Crippen LogP contribution is -3.17. The number of rotatable bonds is 5. The van der Waals surface area contributed by atoms with Crippen molar-refractivity contribution in [3.8, 4) is 11.5 Å². The highest BCUT2D eigenvalue weighted by Gasteiger charge is 2.36. The molecule has 7 heteroatoms. The number of hydrogen-bond donors (Lipinski definition) is 1. The fraction of sp³-hybridized carbons (Fsp3) is 0.684. The Kier molecular flexibility index (Phi) is 6.10. The van der Waals surface area contributed by atoms with Crippen LogP contribution in [0.5, 0.6) is 11.5 Å². The van der Waals surface area contributed by atoms with Crippen LogP contribution in [0.3, 0.4) is 0 Å². The highest BCUT2D eigenvalue weighted by molar-refractivity contribution is 7.89. The first-order chi connectivity index (χ1) is 12.5. The third-order valence-electron chi connectivity index (χ3n) is 5.94. The fourth-order valence-electron chi connectivity index (χ4n) is 4.17. The monoisotopic (exact) mass is 383 g/mol. The van der Waals surface area contributed by atoms with E-state index < -0.39 is 10.0 Å². The highest BCUT2D eigenvalue weighted by Crippen LogP contribution is 2.31. The van der Waals surface area contributed by atoms with Crippen LogP contribution in [0.15, 0.2) is 23.1 Å². The molecule has 3 rings (SSSR count). The van der Waals surface area contributed by atoms with Crippen molar-refractivity contribution in [1.82, 2.24) is 4.31 Å². The summed E-state index contributed by atoms with van der Waals surface area (Å²) in [7, 11) is -0.554. The van der Waals surface area contributed by atoms with Crippen molar-refractivity contribution in [2.45, 2.75) is 43.5 Å². The molecule has 1 aromatic carbocycles. The summed E-state index contributed by atoms with van der Waals surface area (Å²) in [6.45, 7) is 5.93. The minimum absolute atomic E-state index is 0.192. The summed E-state index contributed by atoms with van der Waals surface area (Å²) >= 11 is 0. The number of piperidine rings is 2. The molecule has 1 aromatic rings. The van der Waals surface area contributed by atoms with E-state index in [9.17, 15) is 8.42 Å². The standard InChI is InChI=1S/C19H30N2O4S/c1-15-6-10-20(11-7-15)16-8-12-21(13-9-16)26(22,23)19-14-17(24-2)4-5-18(19)25-3/h4-5,14-16H,6-13H2,1-3H3/p+1. The molecule has 0 saturated carbocycles. The Bertz CT molecular complexity index is 706. The zero-order chi connectivity index (χ0) is 18.7. The van der Waals surface area contributed by atoms with Crippen molar-refractivity contribution in [2.75, 3.05) is 40.4 Å². The first-order valence-electron chi connectivity index (χ1n) is 9.52. The lowest BCUT2D eigenvalue weighted by atomic mass is 9.95. The minimum atomic E-state index is -3.58. The predicted octanol–water partition coefficient (Wildman–Crippen LogP) is 1.17. The number of nitrogens with one attached hydrogen (secondary N) is 1. The molecule has 1 N–H and O–H groups in total. The topological polar surface area (TPSA) is 60.3 Å². The molecule has 2 aliphatic rings. The highest BCUT2D eigenvalue weighted by atomic mass is 32.2. The van der Waals surface area contributed by atoms with Crippen LogP contribution in [-0.2, 0) is 10.0 Å². The Balaban J connectivity index is 1.70. The minimum Gasteiger partial charge on any atom is -0.497 e. The van der Waals surface area contributed by atoms with E-state index >= 15 is 0 Å². The molecule has 2 fully saturated rings. The maximum absolute atomic E-state index is 13.1. The maximum atomic E-state index is 13.1. The Morgan fingerprint density at radius 2 is 1.69 bits per heavy atom. The smallest absolute Gasteiger partial charge is 0.246 e. The number of ether oxygens (including phenoxy) is 2. The van der Waals surface area contributed by atoms with Crippen molar-refractivity contribution in [3.63, 3.8) is 0 Å². The molecule has 2 aliphatic heterocycles. The lowest BCUT2D eigenvalue weighted by Gasteiger charge is -2.38. The fourth-order valence-corrected chi connectivity index (χ4v) is 5.81. The second-order valence-corrected chi connectivity index (χ2v) is 9.44. The Morgan fingerprint density at radius 3 is 2.27 bits per heavy atom. The number of hydrogen-bond acceptors (Lipinski definition) is 4. The number of likely N-dealkylation sites (tertiary alicyclic amines) is 1. The summed E-state index contributed by atoms with van der Waals surface area (Å²) in [6.07, 6.45) is 4.42. The summed E-state index contributed by atoms with van der Waals surface area (Å²) < 4.78 is 38.4. The number of methoxy groups -OCH3 is 2. The molecular formula is C19H31N2O4S+. The zero-order valence-corrected chi connectivity index (χ0v) is 16.8. The van der Waals surface area contributed by atoms with Crippen LogP contribution in [0.2, 0.25) is 0 Å². The van der Waals surface area contributed by atoms with E-state index in [0.717, 1.165) is 18.8 Å². The number of nitrogens with zero attached hydrogens (tertiary/aromatic N) is 1. The van der Waals surface area contributed by atoms with Crippen LogP contribution in [0.1, 0.15) is 32.6 Å². The van der Waals surface area contributed by atoms with Crippen LogP contribution in [0.25, 0.3) is 0 Å². The molecule has 2 saturated heterocycles. The van der Waals surface area contributed by atoms with Gasteiger partial charge < -0.3 is 14.4 Å². The van der Waals surface area contributed by atoms with E-state index in [1.807, 2.05) is 0 Å². The van der Waals surface area contributed by atoms with Gasteiger partial charge in [-0.1, -0.05) is 6.92 Å². The van der Waals surface area contributed by atoms with E-state index in [-0.39, 0.29) is 4.90 Å². The number of quaternary nitrogens is 1. The second kappa shape index (κ2) is 8.15. The molecule has 26 heavy (non-hydrogen) atoms. The van der Waals surface area contributed by atoms with Crippen LogP contribution < -0.4 is 14.4 Å². The van der Waals surface area contributed by atoms with Crippen molar-refractivity contribution >= 4 is 10.0 Å². The van der Waals surface area contributed by atoms with Gasteiger partial charge in [-0.05, 0) is 30.9 Å². The van der Waals surface area contributed by atoms with E-state index in [4.69, 9.17) is 9.47 Å². The van der Waals surface area contributed by atoms with Gasteiger partial charge in [0.05, 0.1) is 33.4 Å². The Labute approximate surface area is 157 Å². The summed E-state index contributed by atoms with van der Waals surface area (Å²) in [5.74, 6) is 1.72. The van der Waals surface area contributed by atoms with E-state index in [1.165, 1.54) is 40.2 Å². The molecule has 0 atom stereocenters. The van der Waals surface area contributed by atoms with Crippen molar-refractivity contribution in [3.05, 3.63) is 18.2 Å². The van der Waals surface area contributed by atoms with Gasteiger partial charge in [-0.25, -0.2) is 8.42 Å². The van der Waals surface area contributed by atoms with Gasteiger partial charge in [-0.15, -0.1) is 0 Å². The molecule has 0 spiro atoms. The summed E-state index contributed by atoms with van der Waals surface area (Å²) in [5, 5.41) is 0. The summed E-state index contributed by atoms with van der Waals surface area (Å²) in [6, 6.07) is 5.50. The van der Waals surface area contributed by atoms with Gasteiger partial charge in [0.1, 0.15) is 16.4 Å².